The first-order valence-electron chi connectivity index (χ1n) is 10.4. The number of rotatable bonds is 8. The first kappa shape index (κ1) is 22.9. The van der Waals surface area contributed by atoms with Gasteiger partial charge in [-0.2, -0.15) is 0 Å². The summed E-state index contributed by atoms with van der Waals surface area (Å²) in [6.45, 7) is 9.72. The van der Waals surface area contributed by atoms with Crippen LogP contribution in [-0.2, 0) is 6.54 Å². The van der Waals surface area contributed by atoms with Crippen molar-refractivity contribution in [3.05, 3.63) is 107 Å². The van der Waals surface area contributed by atoms with Gasteiger partial charge in [-0.1, -0.05) is 54.6 Å². The predicted molar refractivity (Wildman–Crippen MR) is 130 cm³/mol. The summed E-state index contributed by atoms with van der Waals surface area (Å²) in [5, 5.41) is 3.21. The van der Waals surface area contributed by atoms with Crippen LogP contribution in [0.4, 0.5) is 10.1 Å². The van der Waals surface area contributed by atoms with Crippen LogP contribution >= 0.6 is 0 Å². The van der Waals surface area contributed by atoms with Gasteiger partial charge in [-0.3, -0.25) is 14.4 Å². The summed E-state index contributed by atoms with van der Waals surface area (Å²) in [6.07, 6.45) is 4.94. The number of hydrogen-bond acceptors (Lipinski definition) is 4. The molecule has 1 N–H and O–H groups in total. The van der Waals surface area contributed by atoms with Crippen molar-refractivity contribution in [2.24, 2.45) is 4.99 Å². The van der Waals surface area contributed by atoms with E-state index in [-0.39, 0.29) is 29.5 Å². The molecule has 0 aliphatic carbocycles. The predicted octanol–water partition coefficient (Wildman–Crippen LogP) is 5.45. The first-order valence-corrected chi connectivity index (χ1v) is 10.4. The summed E-state index contributed by atoms with van der Waals surface area (Å²) in [4.78, 5) is 22.3. The quantitative estimate of drug-likeness (QED) is 0.382. The van der Waals surface area contributed by atoms with Gasteiger partial charge in [-0.05, 0) is 38.5 Å². The Balaban J connectivity index is 1.93. The number of hydrogen-bond donors (Lipinski definition) is 1. The number of anilines is 1. The average Bonchev–Trinajstić information content (AvgIpc) is 2.81. The van der Waals surface area contributed by atoms with E-state index in [0.29, 0.717) is 5.69 Å². The van der Waals surface area contributed by atoms with E-state index in [4.69, 9.17) is 4.99 Å². The van der Waals surface area contributed by atoms with E-state index >= 15 is 0 Å². The van der Waals surface area contributed by atoms with Crippen LogP contribution in [0, 0.1) is 5.82 Å². The van der Waals surface area contributed by atoms with Crippen LogP contribution in [0.25, 0.3) is 11.4 Å². The minimum Gasteiger partial charge on any atom is -0.371 e. The Bertz CT molecular complexity index is 1210. The second kappa shape index (κ2) is 10.5. The summed E-state index contributed by atoms with van der Waals surface area (Å²) in [5.41, 5.74) is 2.98. The summed E-state index contributed by atoms with van der Waals surface area (Å²) in [5.74, 6) is -0.177. The number of nitrogens with one attached hydrogen (secondary N) is 1. The van der Waals surface area contributed by atoms with Crippen LogP contribution in [0.1, 0.15) is 26.3 Å². The van der Waals surface area contributed by atoms with Crippen LogP contribution < -0.4 is 10.9 Å². The second-order valence-electron chi connectivity index (χ2n) is 7.32. The molecule has 3 rings (SSSR count). The molecule has 0 saturated carbocycles. The van der Waals surface area contributed by atoms with Gasteiger partial charge in [-0.25, -0.2) is 9.37 Å². The maximum Gasteiger partial charge on any atom is 0.277 e. The largest absolute Gasteiger partial charge is 0.371 e. The number of aliphatic imine (C=N–C) groups is 1. The van der Waals surface area contributed by atoms with Crippen LogP contribution in [0.3, 0.4) is 0 Å². The average molecular weight is 431 g/mol. The fourth-order valence-corrected chi connectivity index (χ4v) is 3.40. The Hall–Kier alpha value is -3.80. The molecule has 164 valence electrons. The van der Waals surface area contributed by atoms with Gasteiger partial charge in [0.1, 0.15) is 17.3 Å². The SMILES string of the molecule is C=CCn1c(-c2ccccc2F)ncc(NC(C)/C(=C/C)N=C(C)c2ccccc2)c1=O. The van der Waals surface area contributed by atoms with E-state index in [9.17, 15) is 9.18 Å². The van der Waals surface area contributed by atoms with Crippen molar-refractivity contribution in [2.45, 2.75) is 33.4 Å². The van der Waals surface area contributed by atoms with E-state index in [1.807, 2.05) is 57.2 Å². The van der Waals surface area contributed by atoms with Gasteiger partial charge in [-0.15, -0.1) is 6.58 Å². The van der Waals surface area contributed by atoms with Crippen molar-refractivity contribution in [1.29, 1.82) is 0 Å². The summed E-state index contributed by atoms with van der Waals surface area (Å²) < 4.78 is 15.7. The second-order valence-corrected chi connectivity index (χ2v) is 7.32. The van der Waals surface area contributed by atoms with Crippen LogP contribution in [0.2, 0.25) is 0 Å². The highest BCUT2D eigenvalue weighted by atomic mass is 19.1. The number of benzene rings is 2. The topological polar surface area (TPSA) is 59.3 Å². The number of allylic oxidation sites excluding steroid dienone is 2. The Morgan fingerprint density at radius 3 is 2.56 bits per heavy atom. The van der Waals surface area contributed by atoms with Gasteiger partial charge < -0.3 is 5.32 Å². The summed E-state index contributed by atoms with van der Waals surface area (Å²) in [7, 11) is 0. The zero-order chi connectivity index (χ0) is 23.1. The molecule has 2 aromatic carbocycles. The van der Waals surface area contributed by atoms with Crippen molar-refractivity contribution in [3.63, 3.8) is 0 Å². The minimum atomic E-state index is -0.437. The van der Waals surface area contributed by atoms with E-state index < -0.39 is 5.82 Å². The third kappa shape index (κ3) is 5.09. The maximum atomic E-state index is 14.3. The van der Waals surface area contributed by atoms with Crippen molar-refractivity contribution < 1.29 is 4.39 Å². The lowest BCUT2D eigenvalue weighted by atomic mass is 10.1. The summed E-state index contributed by atoms with van der Waals surface area (Å²) in [6, 6.07) is 15.9. The smallest absolute Gasteiger partial charge is 0.277 e. The van der Waals surface area contributed by atoms with E-state index in [2.05, 4.69) is 16.9 Å². The van der Waals surface area contributed by atoms with Gasteiger partial charge >= 0.3 is 0 Å². The van der Waals surface area contributed by atoms with Gasteiger partial charge in [0, 0.05) is 12.3 Å². The first-order chi connectivity index (χ1) is 15.5. The molecule has 0 amide bonds. The lowest BCUT2D eigenvalue weighted by molar-refractivity contribution is 0.626. The lowest BCUT2D eigenvalue weighted by Crippen LogP contribution is -2.29. The molecule has 1 aromatic heterocycles. The zero-order valence-electron chi connectivity index (χ0n) is 18.5. The van der Waals surface area contributed by atoms with E-state index in [0.717, 1.165) is 17.0 Å². The molecule has 1 unspecified atom stereocenters. The molecule has 0 spiro atoms. The molecular formula is C26H27FN4O. The summed E-state index contributed by atoms with van der Waals surface area (Å²) >= 11 is 0. The molecule has 6 heteroatoms. The molecule has 32 heavy (non-hydrogen) atoms. The van der Waals surface area contributed by atoms with Crippen molar-refractivity contribution in [2.75, 3.05) is 5.32 Å². The number of aromatic nitrogens is 2. The van der Waals surface area contributed by atoms with E-state index in [1.54, 1.807) is 24.3 Å². The van der Waals surface area contributed by atoms with Crippen LogP contribution in [-0.4, -0.2) is 21.3 Å². The molecule has 3 aromatic rings. The minimum absolute atomic E-state index is 0.209. The number of halogens is 1. The molecule has 0 aliphatic rings. The molecule has 0 aliphatic heterocycles. The molecule has 5 nitrogen and oxygen atoms in total. The molecule has 0 radical (unpaired) electrons. The Labute approximate surface area is 187 Å². The van der Waals surface area contributed by atoms with Crippen molar-refractivity contribution in [3.8, 4) is 11.4 Å². The fourth-order valence-electron chi connectivity index (χ4n) is 3.40. The van der Waals surface area contributed by atoms with Crippen molar-refractivity contribution >= 4 is 11.4 Å². The Morgan fingerprint density at radius 1 is 1.22 bits per heavy atom. The van der Waals surface area contributed by atoms with E-state index in [1.165, 1.54) is 16.8 Å². The highest BCUT2D eigenvalue weighted by Crippen LogP contribution is 2.21. The third-order valence-electron chi connectivity index (χ3n) is 5.07. The van der Waals surface area contributed by atoms with Gasteiger partial charge in [0.05, 0.1) is 23.5 Å². The Morgan fingerprint density at radius 2 is 1.91 bits per heavy atom. The molecule has 1 heterocycles. The van der Waals surface area contributed by atoms with Crippen LogP contribution in [0.5, 0.6) is 0 Å². The zero-order valence-corrected chi connectivity index (χ0v) is 18.5. The molecule has 0 bridgehead atoms. The van der Waals surface area contributed by atoms with Gasteiger partial charge in [0.2, 0.25) is 0 Å². The maximum absolute atomic E-state index is 14.3. The lowest BCUT2D eigenvalue weighted by Gasteiger charge is -2.18. The van der Waals surface area contributed by atoms with Crippen LogP contribution in [0.15, 0.2) is 95.0 Å². The monoisotopic (exact) mass is 430 g/mol. The highest BCUT2D eigenvalue weighted by molar-refractivity contribution is 5.99. The van der Waals surface area contributed by atoms with Gasteiger partial charge in [0.15, 0.2) is 0 Å². The Kier molecular flexibility index (Phi) is 7.49. The number of nitrogens with zero attached hydrogens (tertiary/aromatic N) is 3. The molecule has 1 atom stereocenters. The highest BCUT2D eigenvalue weighted by Gasteiger charge is 2.16. The third-order valence-corrected chi connectivity index (χ3v) is 5.07. The normalized spacial score (nSPS) is 13.0. The fraction of sp³-hybridized carbons (Fsp3) is 0.192. The van der Waals surface area contributed by atoms with Gasteiger partial charge in [0.25, 0.3) is 5.56 Å². The molecule has 0 saturated heterocycles. The molecule has 0 fully saturated rings. The standard InChI is InChI=1S/C26H27FN4O/c1-5-16-31-25(21-14-10-11-15-22(21)27)28-17-24(26(31)32)30-19(4)23(6-2)29-18(3)20-12-8-7-9-13-20/h5-15,17,19,30H,1,16H2,2-4H3/b23-6-,29-18?. The molecular weight excluding hydrogens is 403 g/mol. The van der Waals surface area contributed by atoms with Crippen molar-refractivity contribution in [1.82, 2.24) is 9.55 Å².